The van der Waals surface area contributed by atoms with Gasteiger partial charge in [-0.2, -0.15) is 4.72 Å². The molecule has 5 nitrogen and oxygen atoms in total. The van der Waals surface area contributed by atoms with E-state index in [-0.39, 0.29) is 22.8 Å². The maximum absolute atomic E-state index is 13.0. The Hall–Kier alpha value is -1.47. The fraction of sp³-hybridized carbons (Fsp3) is 0.462. The zero-order valence-electron chi connectivity index (χ0n) is 11.6. The van der Waals surface area contributed by atoms with Gasteiger partial charge in [-0.1, -0.05) is 13.8 Å². The summed E-state index contributed by atoms with van der Waals surface area (Å²) >= 11 is 0. The first-order valence-electron chi connectivity index (χ1n) is 6.14. The van der Waals surface area contributed by atoms with Gasteiger partial charge in [0.1, 0.15) is 11.9 Å². The van der Waals surface area contributed by atoms with E-state index in [4.69, 9.17) is 5.11 Å². The molecule has 20 heavy (non-hydrogen) atoms. The quantitative estimate of drug-likeness (QED) is 0.841. The predicted octanol–water partition coefficient (Wildman–Crippen LogP) is 1.91. The molecule has 0 spiro atoms. The highest BCUT2D eigenvalue weighted by Crippen LogP contribution is 2.17. The zero-order chi connectivity index (χ0) is 15.5. The second kappa shape index (κ2) is 6.32. The Kier molecular flexibility index (Phi) is 5.24. The summed E-state index contributed by atoms with van der Waals surface area (Å²) in [6.45, 7) is 5.05. The molecule has 1 atom stereocenters. The Bertz CT molecular complexity index is 598. The number of nitrogens with one attached hydrogen (secondary N) is 1. The molecule has 0 bridgehead atoms. The molecular weight excluding hydrogens is 285 g/mol. The smallest absolute Gasteiger partial charge is 0.321 e. The van der Waals surface area contributed by atoms with Crippen molar-refractivity contribution < 1.29 is 22.7 Å². The van der Waals surface area contributed by atoms with Gasteiger partial charge in [0, 0.05) is 0 Å². The number of halogens is 1. The maximum atomic E-state index is 13.0. The molecule has 0 saturated carbocycles. The van der Waals surface area contributed by atoms with E-state index in [2.05, 4.69) is 4.72 Å². The van der Waals surface area contributed by atoms with Crippen molar-refractivity contribution in [2.45, 2.75) is 38.1 Å². The van der Waals surface area contributed by atoms with E-state index in [1.165, 1.54) is 6.92 Å². The predicted molar refractivity (Wildman–Crippen MR) is 72.3 cm³/mol. The van der Waals surface area contributed by atoms with Crippen molar-refractivity contribution >= 4 is 16.0 Å². The molecule has 1 aromatic carbocycles. The molecule has 0 aliphatic rings. The third-order valence-electron chi connectivity index (χ3n) is 2.73. The van der Waals surface area contributed by atoms with Crippen molar-refractivity contribution in [3.8, 4) is 0 Å². The normalized spacial score (nSPS) is 13.4. The van der Waals surface area contributed by atoms with Gasteiger partial charge in [0.05, 0.1) is 4.90 Å². The Morgan fingerprint density at radius 3 is 2.45 bits per heavy atom. The summed E-state index contributed by atoms with van der Waals surface area (Å²) in [4.78, 5) is 11.0. The van der Waals surface area contributed by atoms with Gasteiger partial charge in [-0.15, -0.1) is 0 Å². The number of hydrogen-bond acceptors (Lipinski definition) is 3. The molecule has 0 saturated heterocycles. The van der Waals surface area contributed by atoms with Crippen molar-refractivity contribution in [2.75, 3.05) is 0 Å². The molecule has 1 unspecified atom stereocenters. The standard InChI is InChI=1S/C13H18FNO4S/c1-8(2)6-11(13(16)17)15-20(18,19)12-5-4-10(14)7-9(12)3/h4-5,7-8,11,15H,6H2,1-3H3,(H,16,17). The topological polar surface area (TPSA) is 83.5 Å². The van der Waals surface area contributed by atoms with Crippen LogP contribution in [0.5, 0.6) is 0 Å². The Morgan fingerprint density at radius 2 is 2.00 bits per heavy atom. The summed E-state index contributed by atoms with van der Waals surface area (Å²) in [5.41, 5.74) is 0.228. The minimum atomic E-state index is -4.00. The van der Waals surface area contributed by atoms with Crippen molar-refractivity contribution in [1.82, 2.24) is 4.72 Å². The number of carboxylic acid groups (broad SMARTS) is 1. The number of hydrogen-bond donors (Lipinski definition) is 2. The van der Waals surface area contributed by atoms with Crippen LogP contribution >= 0.6 is 0 Å². The van der Waals surface area contributed by atoms with Crippen LogP contribution in [-0.2, 0) is 14.8 Å². The second-order valence-electron chi connectivity index (χ2n) is 5.05. The minimum absolute atomic E-state index is 0.0214. The molecular formula is C13H18FNO4S. The van der Waals surface area contributed by atoms with Gasteiger partial charge in [0.25, 0.3) is 0 Å². The van der Waals surface area contributed by atoms with E-state index < -0.39 is 27.9 Å². The first kappa shape index (κ1) is 16.6. The lowest BCUT2D eigenvalue weighted by Gasteiger charge is -2.17. The third-order valence-corrected chi connectivity index (χ3v) is 4.36. The third kappa shape index (κ3) is 4.28. The summed E-state index contributed by atoms with van der Waals surface area (Å²) in [6.07, 6.45) is 0.175. The first-order chi connectivity index (χ1) is 9.13. The largest absolute Gasteiger partial charge is 0.480 e. The highest BCUT2D eigenvalue weighted by Gasteiger charge is 2.27. The molecule has 0 fully saturated rings. The lowest BCUT2D eigenvalue weighted by molar-refractivity contribution is -0.139. The molecule has 2 N–H and O–H groups in total. The van der Waals surface area contributed by atoms with Gasteiger partial charge in [-0.25, -0.2) is 12.8 Å². The molecule has 1 rings (SSSR count). The summed E-state index contributed by atoms with van der Waals surface area (Å²) in [5.74, 6) is -1.76. The number of sulfonamides is 1. The summed E-state index contributed by atoms with van der Waals surface area (Å²) in [5, 5.41) is 9.06. The van der Waals surface area contributed by atoms with E-state index in [9.17, 15) is 17.6 Å². The van der Waals surface area contributed by atoms with Crippen LogP contribution in [0.15, 0.2) is 23.1 Å². The molecule has 0 radical (unpaired) electrons. The molecule has 0 aliphatic carbocycles. The van der Waals surface area contributed by atoms with E-state index in [0.29, 0.717) is 0 Å². The SMILES string of the molecule is Cc1cc(F)ccc1S(=O)(=O)NC(CC(C)C)C(=O)O. The minimum Gasteiger partial charge on any atom is -0.480 e. The van der Waals surface area contributed by atoms with Crippen LogP contribution in [0.1, 0.15) is 25.8 Å². The molecule has 7 heteroatoms. The lowest BCUT2D eigenvalue weighted by Crippen LogP contribution is -2.41. The second-order valence-corrected chi connectivity index (χ2v) is 6.73. The molecule has 1 aromatic rings. The zero-order valence-corrected chi connectivity index (χ0v) is 12.4. The van der Waals surface area contributed by atoms with Crippen LogP contribution in [0.25, 0.3) is 0 Å². The van der Waals surface area contributed by atoms with Crippen LogP contribution < -0.4 is 4.72 Å². The van der Waals surface area contributed by atoms with Crippen LogP contribution in [0.4, 0.5) is 4.39 Å². The average molecular weight is 303 g/mol. The van der Waals surface area contributed by atoms with Crippen LogP contribution in [0.3, 0.4) is 0 Å². The molecule has 0 heterocycles. The van der Waals surface area contributed by atoms with Gasteiger partial charge in [-0.3, -0.25) is 4.79 Å². The Balaban J connectivity index is 3.06. The highest BCUT2D eigenvalue weighted by molar-refractivity contribution is 7.89. The van der Waals surface area contributed by atoms with E-state index >= 15 is 0 Å². The van der Waals surface area contributed by atoms with Crippen LogP contribution in [0.2, 0.25) is 0 Å². The van der Waals surface area contributed by atoms with Crippen LogP contribution in [-0.4, -0.2) is 25.5 Å². The van der Waals surface area contributed by atoms with Gasteiger partial charge in [0.2, 0.25) is 10.0 Å². The van der Waals surface area contributed by atoms with Gasteiger partial charge in [-0.05, 0) is 43.0 Å². The number of rotatable bonds is 6. The van der Waals surface area contributed by atoms with E-state index in [1.807, 2.05) is 0 Å². The van der Waals surface area contributed by atoms with E-state index in [0.717, 1.165) is 18.2 Å². The number of benzene rings is 1. The molecule has 0 aliphatic heterocycles. The van der Waals surface area contributed by atoms with E-state index in [1.54, 1.807) is 13.8 Å². The Morgan fingerprint density at radius 1 is 1.40 bits per heavy atom. The van der Waals surface area contributed by atoms with Gasteiger partial charge >= 0.3 is 5.97 Å². The Labute approximate surface area is 117 Å². The van der Waals surface area contributed by atoms with Crippen molar-refractivity contribution in [3.63, 3.8) is 0 Å². The number of aryl methyl sites for hydroxylation is 1. The number of aliphatic carboxylic acids is 1. The van der Waals surface area contributed by atoms with Gasteiger partial charge in [0.15, 0.2) is 0 Å². The fourth-order valence-electron chi connectivity index (χ4n) is 1.84. The summed E-state index contributed by atoms with van der Waals surface area (Å²) in [7, 11) is -4.00. The molecule has 0 amide bonds. The van der Waals surface area contributed by atoms with Crippen molar-refractivity contribution in [1.29, 1.82) is 0 Å². The van der Waals surface area contributed by atoms with Crippen molar-refractivity contribution in [3.05, 3.63) is 29.6 Å². The van der Waals surface area contributed by atoms with Crippen LogP contribution in [0, 0.1) is 18.7 Å². The highest BCUT2D eigenvalue weighted by atomic mass is 32.2. The number of carboxylic acids is 1. The molecule has 112 valence electrons. The fourth-order valence-corrected chi connectivity index (χ4v) is 3.26. The summed E-state index contributed by atoms with van der Waals surface area (Å²) in [6, 6.07) is 2.04. The monoisotopic (exact) mass is 303 g/mol. The number of carbonyl (C=O) groups is 1. The lowest BCUT2D eigenvalue weighted by atomic mass is 10.1. The van der Waals surface area contributed by atoms with Gasteiger partial charge < -0.3 is 5.11 Å². The molecule has 0 aromatic heterocycles. The van der Waals surface area contributed by atoms with Crippen molar-refractivity contribution in [2.24, 2.45) is 5.92 Å². The summed E-state index contributed by atoms with van der Waals surface area (Å²) < 4.78 is 39.5. The maximum Gasteiger partial charge on any atom is 0.321 e. The first-order valence-corrected chi connectivity index (χ1v) is 7.63. The average Bonchev–Trinajstić information content (AvgIpc) is 2.26.